The van der Waals surface area contributed by atoms with Gasteiger partial charge in [-0.3, -0.25) is 5.32 Å². The quantitative estimate of drug-likeness (QED) is 0.865. The van der Waals surface area contributed by atoms with Gasteiger partial charge < -0.3 is 4.90 Å². The zero-order chi connectivity index (χ0) is 15.7. The standard InChI is InChI=1S/C17H26N4O/c1-12(2)15-9-6-10-20(15)17(22)18-16-11-13(3)19-21(16)14-7-4-5-8-14/h6,9,11-12,14-15H,4-5,7-8,10H2,1-3H3,(H,18,22). The Balaban J connectivity index is 1.74. The third kappa shape index (κ3) is 2.89. The van der Waals surface area contributed by atoms with Gasteiger partial charge in [0, 0.05) is 12.6 Å². The summed E-state index contributed by atoms with van der Waals surface area (Å²) < 4.78 is 2.02. The van der Waals surface area contributed by atoms with Crippen molar-refractivity contribution in [2.75, 3.05) is 11.9 Å². The van der Waals surface area contributed by atoms with Crippen LogP contribution in [0.15, 0.2) is 18.2 Å². The first-order valence-corrected chi connectivity index (χ1v) is 8.36. The summed E-state index contributed by atoms with van der Waals surface area (Å²) in [7, 11) is 0. The average molecular weight is 302 g/mol. The molecular weight excluding hydrogens is 276 g/mol. The summed E-state index contributed by atoms with van der Waals surface area (Å²) in [6, 6.07) is 2.57. The smallest absolute Gasteiger partial charge is 0.314 e. The van der Waals surface area contributed by atoms with Crippen LogP contribution in [-0.4, -0.2) is 33.3 Å². The van der Waals surface area contributed by atoms with E-state index in [0.717, 1.165) is 24.4 Å². The number of anilines is 1. The van der Waals surface area contributed by atoms with E-state index >= 15 is 0 Å². The Morgan fingerprint density at radius 3 is 2.77 bits per heavy atom. The molecule has 2 amide bonds. The minimum atomic E-state index is -0.0251. The van der Waals surface area contributed by atoms with Crippen LogP contribution < -0.4 is 5.32 Å². The van der Waals surface area contributed by atoms with Gasteiger partial charge in [-0.1, -0.05) is 38.8 Å². The van der Waals surface area contributed by atoms with Crippen molar-refractivity contribution >= 4 is 11.8 Å². The number of nitrogens with one attached hydrogen (secondary N) is 1. The summed E-state index contributed by atoms with van der Waals surface area (Å²) in [5, 5.41) is 7.68. The minimum Gasteiger partial charge on any atom is -0.314 e. The van der Waals surface area contributed by atoms with Crippen LogP contribution in [0.1, 0.15) is 51.3 Å². The van der Waals surface area contributed by atoms with Crippen LogP contribution in [0.2, 0.25) is 0 Å². The van der Waals surface area contributed by atoms with Gasteiger partial charge in [0.1, 0.15) is 5.82 Å². The molecule has 0 saturated heterocycles. The highest BCUT2D eigenvalue weighted by molar-refractivity contribution is 5.89. The highest BCUT2D eigenvalue weighted by atomic mass is 16.2. The number of nitrogens with zero attached hydrogens (tertiary/aromatic N) is 3. The molecule has 1 unspecified atom stereocenters. The Bertz CT molecular complexity index is 569. The van der Waals surface area contributed by atoms with Gasteiger partial charge in [0.15, 0.2) is 0 Å². The number of hydrogen-bond donors (Lipinski definition) is 1. The van der Waals surface area contributed by atoms with Crippen LogP contribution in [-0.2, 0) is 0 Å². The third-order valence-electron chi connectivity index (χ3n) is 4.70. The molecule has 1 aromatic heterocycles. The normalized spacial score (nSPS) is 22.0. The lowest BCUT2D eigenvalue weighted by atomic mass is 10.1. The first-order valence-electron chi connectivity index (χ1n) is 8.36. The summed E-state index contributed by atoms with van der Waals surface area (Å²) in [6.45, 7) is 6.96. The Labute approximate surface area is 132 Å². The maximum Gasteiger partial charge on any atom is 0.323 e. The molecule has 0 bridgehead atoms. The average Bonchev–Trinajstić information content (AvgIpc) is 3.17. The Kier molecular flexibility index (Phi) is 4.23. The minimum absolute atomic E-state index is 0.0251. The van der Waals surface area contributed by atoms with Gasteiger partial charge in [0.2, 0.25) is 0 Å². The second-order valence-corrected chi connectivity index (χ2v) is 6.80. The summed E-state index contributed by atoms with van der Waals surface area (Å²) in [6.07, 6.45) is 9.02. The lowest BCUT2D eigenvalue weighted by molar-refractivity contribution is 0.199. The highest BCUT2D eigenvalue weighted by Crippen LogP contribution is 2.32. The van der Waals surface area contributed by atoms with Crippen LogP contribution in [0, 0.1) is 12.8 Å². The van der Waals surface area contributed by atoms with Gasteiger partial charge in [-0.25, -0.2) is 9.48 Å². The molecule has 5 heteroatoms. The lowest BCUT2D eigenvalue weighted by Crippen LogP contribution is -2.42. The van der Waals surface area contributed by atoms with Crippen molar-refractivity contribution in [3.05, 3.63) is 23.9 Å². The molecule has 1 N–H and O–H groups in total. The molecular formula is C17H26N4O. The Morgan fingerprint density at radius 1 is 1.36 bits per heavy atom. The number of carbonyl (C=O) groups is 1. The van der Waals surface area contributed by atoms with Crippen molar-refractivity contribution in [2.24, 2.45) is 5.92 Å². The summed E-state index contributed by atoms with van der Waals surface area (Å²) in [5.74, 6) is 1.26. The molecule has 120 valence electrons. The van der Waals surface area contributed by atoms with E-state index in [9.17, 15) is 4.79 Å². The molecule has 1 saturated carbocycles. The maximum atomic E-state index is 12.6. The molecule has 1 aliphatic heterocycles. The van der Waals surface area contributed by atoms with E-state index in [0.29, 0.717) is 18.5 Å². The topological polar surface area (TPSA) is 50.2 Å². The zero-order valence-electron chi connectivity index (χ0n) is 13.7. The molecule has 0 radical (unpaired) electrons. The van der Waals surface area contributed by atoms with Gasteiger partial charge in [-0.05, 0) is 25.7 Å². The highest BCUT2D eigenvalue weighted by Gasteiger charge is 2.28. The van der Waals surface area contributed by atoms with Gasteiger partial charge in [-0.15, -0.1) is 0 Å². The molecule has 3 rings (SSSR count). The second-order valence-electron chi connectivity index (χ2n) is 6.80. The van der Waals surface area contributed by atoms with Crippen molar-refractivity contribution in [3.63, 3.8) is 0 Å². The van der Waals surface area contributed by atoms with Crippen molar-refractivity contribution in [3.8, 4) is 0 Å². The molecule has 1 fully saturated rings. The summed E-state index contributed by atoms with van der Waals surface area (Å²) >= 11 is 0. The van der Waals surface area contributed by atoms with E-state index in [1.54, 1.807) is 0 Å². The van der Waals surface area contributed by atoms with E-state index in [-0.39, 0.29) is 12.1 Å². The van der Waals surface area contributed by atoms with E-state index < -0.39 is 0 Å². The Morgan fingerprint density at radius 2 is 2.09 bits per heavy atom. The SMILES string of the molecule is Cc1cc(NC(=O)N2CC=CC2C(C)C)n(C2CCCC2)n1. The molecule has 5 nitrogen and oxygen atoms in total. The monoisotopic (exact) mass is 302 g/mol. The number of carbonyl (C=O) groups excluding carboxylic acids is 1. The number of urea groups is 1. The summed E-state index contributed by atoms with van der Waals surface area (Å²) in [4.78, 5) is 14.5. The van der Waals surface area contributed by atoms with Crippen LogP contribution in [0.4, 0.5) is 10.6 Å². The van der Waals surface area contributed by atoms with E-state index in [2.05, 4.69) is 36.4 Å². The number of rotatable bonds is 3. The number of aromatic nitrogens is 2. The first-order chi connectivity index (χ1) is 10.6. The largest absolute Gasteiger partial charge is 0.323 e. The van der Waals surface area contributed by atoms with Crippen LogP contribution in [0.25, 0.3) is 0 Å². The second kappa shape index (κ2) is 6.15. The predicted molar refractivity (Wildman–Crippen MR) is 88.0 cm³/mol. The van der Waals surface area contributed by atoms with E-state index in [1.165, 1.54) is 12.8 Å². The fraction of sp³-hybridized carbons (Fsp3) is 0.647. The van der Waals surface area contributed by atoms with E-state index in [4.69, 9.17) is 0 Å². The fourth-order valence-corrected chi connectivity index (χ4v) is 3.56. The number of aryl methyl sites for hydroxylation is 1. The van der Waals surface area contributed by atoms with E-state index in [1.807, 2.05) is 22.6 Å². The van der Waals surface area contributed by atoms with Crippen molar-refractivity contribution in [1.29, 1.82) is 0 Å². The van der Waals surface area contributed by atoms with Gasteiger partial charge >= 0.3 is 6.03 Å². The first kappa shape index (κ1) is 15.1. The molecule has 1 aromatic rings. The molecule has 1 atom stereocenters. The number of amides is 2. The van der Waals surface area contributed by atoms with Gasteiger partial charge in [0.05, 0.1) is 17.8 Å². The van der Waals surface area contributed by atoms with Crippen molar-refractivity contribution in [1.82, 2.24) is 14.7 Å². The predicted octanol–water partition coefficient (Wildman–Crippen LogP) is 3.73. The van der Waals surface area contributed by atoms with Gasteiger partial charge in [0.25, 0.3) is 0 Å². The Hall–Kier alpha value is -1.78. The van der Waals surface area contributed by atoms with Crippen LogP contribution in [0.5, 0.6) is 0 Å². The van der Waals surface area contributed by atoms with Crippen molar-refractivity contribution in [2.45, 2.75) is 58.5 Å². The molecule has 2 heterocycles. The third-order valence-corrected chi connectivity index (χ3v) is 4.70. The van der Waals surface area contributed by atoms with Gasteiger partial charge in [-0.2, -0.15) is 5.10 Å². The van der Waals surface area contributed by atoms with Crippen LogP contribution in [0.3, 0.4) is 0 Å². The zero-order valence-corrected chi connectivity index (χ0v) is 13.7. The lowest BCUT2D eigenvalue weighted by Gasteiger charge is -2.28. The summed E-state index contributed by atoms with van der Waals surface area (Å²) in [5.41, 5.74) is 0.960. The molecule has 2 aliphatic rings. The maximum absolute atomic E-state index is 12.6. The molecule has 1 aliphatic carbocycles. The fourth-order valence-electron chi connectivity index (χ4n) is 3.56. The molecule has 0 spiro atoms. The van der Waals surface area contributed by atoms with Crippen molar-refractivity contribution < 1.29 is 4.79 Å². The van der Waals surface area contributed by atoms with Crippen LogP contribution >= 0.6 is 0 Å². The number of hydrogen-bond acceptors (Lipinski definition) is 2. The molecule has 22 heavy (non-hydrogen) atoms. The molecule has 0 aromatic carbocycles.